The third-order valence-corrected chi connectivity index (χ3v) is 3.38. The zero-order valence-electron chi connectivity index (χ0n) is 9.58. The van der Waals surface area contributed by atoms with Crippen LogP contribution in [0, 0.1) is 0 Å². The molecule has 0 saturated carbocycles. The minimum atomic E-state index is -0.400. The van der Waals surface area contributed by atoms with Crippen LogP contribution in [0.25, 0.3) is 0 Å². The van der Waals surface area contributed by atoms with E-state index in [-0.39, 0.29) is 11.1 Å². The smallest absolute Gasteiger partial charge is 0.285 e. The van der Waals surface area contributed by atoms with Crippen LogP contribution in [-0.4, -0.2) is 10.2 Å². The number of aromatic amines is 1. The second-order valence-electron chi connectivity index (χ2n) is 3.85. The van der Waals surface area contributed by atoms with Crippen LogP contribution in [0.2, 0.25) is 5.02 Å². The molecule has 0 aliphatic rings. The van der Waals surface area contributed by atoms with E-state index in [1.165, 1.54) is 6.20 Å². The minimum absolute atomic E-state index is 0.0172. The Morgan fingerprint density at radius 1 is 1.50 bits per heavy atom. The van der Waals surface area contributed by atoms with Crippen molar-refractivity contribution in [2.24, 2.45) is 0 Å². The molecule has 94 valence electrons. The Kier molecular flexibility index (Phi) is 4.04. The maximum absolute atomic E-state index is 11.3. The van der Waals surface area contributed by atoms with Gasteiger partial charge in [0.2, 0.25) is 0 Å². The van der Waals surface area contributed by atoms with Crippen molar-refractivity contribution in [2.45, 2.75) is 13.0 Å². The number of aromatic nitrogens is 2. The first-order chi connectivity index (χ1) is 8.58. The Morgan fingerprint density at radius 2 is 2.28 bits per heavy atom. The SMILES string of the molecule is C[C@@H](Nc1cn[nH]c(=O)c1Cl)c1cccc(Br)c1. The number of anilines is 1. The summed E-state index contributed by atoms with van der Waals surface area (Å²) >= 11 is 9.32. The number of hydrogen-bond acceptors (Lipinski definition) is 3. The Bertz CT molecular complexity index is 614. The van der Waals surface area contributed by atoms with E-state index in [0.29, 0.717) is 5.69 Å². The van der Waals surface area contributed by atoms with E-state index < -0.39 is 5.56 Å². The van der Waals surface area contributed by atoms with Crippen molar-refractivity contribution in [1.29, 1.82) is 0 Å². The number of nitrogens with zero attached hydrogens (tertiary/aromatic N) is 1. The molecule has 0 bridgehead atoms. The second kappa shape index (κ2) is 5.54. The van der Waals surface area contributed by atoms with Crippen molar-refractivity contribution in [3.63, 3.8) is 0 Å². The fourth-order valence-electron chi connectivity index (χ4n) is 1.58. The van der Waals surface area contributed by atoms with E-state index >= 15 is 0 Å². The van der Waals surface area contributed by atoms with Crippen LogP contribution in [0.5, 0.6) is 0 Å². The first kappa shape index (κ1) is 13.1. The number of H-pyrrole nitrogens is 1. The van der Waals surface area contributed by atoms with E-state index in [0.717, 1.165) is 10.0 Å². The molecule has 2 rings (SSSR count). The van der Waals surface area contributed by atoms with Gasteiger partial charge in [0.05, 0.1) is 11.9 Å². The van der Waals surface area contributed by atoms with Gasteiger partial charge in [-0.1, -0.05) is 39.7 Å². The molecule has 0 radical (unpaired) electrons. The maximum Gasteiger partial charge on any atom is 0.285 e. The average molecular weight is 329 g/mol. The molecule has 0 aliphatic carbocycles. The molecule has 0 fully saturated rings. The lowest BCUT2D eigenvalue weighted by atomic mass is 10.1. The van der Waals surface area contributed by atoms with Crippen molar-refractivity contribution in [3.8, 4) is 0 Å². The Labute approximate surface area is 118 Å². The normalized spacial score (nSPS) is 12.2. The molecule has 1 heterocycles. The lowest BCUT2D eigenvalue weighted by Gasteiger charge is -2.16. The highest BCUT2D eigenvalue weighted by Crippen LogP contribution is 2.24. The van der Waals surface area contributed by atoms with Gasteiger partial charge in [0.15, 0.2) is 0 Å². The Morgan fingerprint density at radius 3 is 3.00 bits per heavy atom. The third-order valence-electron chi connectivity index (χ3n) is 2.52. The summed E-state index contributed by atoms with van der Waals surface area (Å²) in [6, 6.07) is 7.93. The summed E-state index contributed by atoms with van der Waals surface area (Å²) < 4.78 is 1.00. The highest BCUT2D eigenvalue weighted by molar-refractivity contribution is 9.10. The lowest BCUT2D eigenvalue weighted by Crippen LogP contribution is -2.14. The van der Waals surface area contributed by atoms with Crippen molar-refractivity contribution in [1.82, 2.24) is 10.2 Å². The predicted octanol–water partition coefficient (Wildman–Crippen LogP) is 3.36. The van der Waals surface area contributed by atoms with Crippen molar-refractivity contribution < 1.29 is 0 Å². The first-order valence-corrected chi connectivity index (χ1v) is 6.50. The standard InChI is InChI=1S/C12H11BrClN3O/c1-7(8-3-2-4-9(13)5-8)16-10-6-15-17-12(18)11(10)14/h2-7H,1H3,(H2,16,17,18)/t7-/m1/s1. The summed E-state index contributed by atoms with van der Waals surface area (Å²) in [5, 5.41) is 9.27. The topological polar surface area (TPSA) is 57.8 Å². The quantitative estimate of drug-likeness (QED) is 0.908. The van der Waals surface area contributed by atoms with Gasteiger partial charge >= 0.3 is 0 Å². The molecule has 0 unspecified atom stereocenters. The number of nitrogens with one attached hydrogen (secondary N) is 2. The molecule has 18 heavy (non-hydrogen) atoms. The van der Waals surface area contributed by atoms with Crippen molar-refractivity contribution in [2.75, 3.05) is 5.32 Å². The summed E-state index contributed by atoms with van der Waals surface area (Å²) in [6.45, 7) is 1.99. The van der Waals surface area contributed by atoms with E-state index in [1.54, 1.807) is 0 Å². The molecule has 1 aromatic heterocycles. The van der Waals surface area contributed by atoms with Gasteiger partial charge in [0.1, 0.15) is 5.02 Å². The number of benzene rings is 1. The number of rotatable bonds is 3. The molecule has 1 aromatic carbocycles. The summed E-state index contributed by atoms with van der Waals surface area (Å²) in [6.07, 6.45) is 1.50. The molecule has 0 spiro atoms. The molecule has 0 aliphatic heterocycles. The molecule has 1 atom stereocenters. The fourth-order valence-corrected chi connectivity index (χ4v) is 2.14. The van der Waals surface area contributed by atoms with Crippen LogP contribution in [0.4, 0.5) is 5.69 Å². The van der Waals surface area contributed by atoms with Crippen LogP contribution in [0.1, 0.15) is 18.5 Å². The van der Waals surface area contributed by atoms with Gasteiger partial charge < -0.3 is 5.32 Å². The lowest BCUT2D eigenvalue weighted by molar-refractivity contribution is 0.874. The van der Waals surface area contributed by atoms with Crippen LogP contribution in [0.3, 0.4) is 0 Å². The van der Waals surface area contributed by atoms with Gasteiger partial charge in [0, 0.05) is 10.5 Å². The average Bonchev–Trinajstić information content (AvgIpc) is 2.35. The summed E-state index contributed by atoms with van der Waals surface area (Å²) in [7, 11) is 0. The summed E-state index contributed by atoms with van der Waals surface area (Å²) in [5.74, 6) is 0. The molecule has 2 N–H and O–H groups in total. The van der Waals surface area contributed by atoms with Crippen LogP contribution in [-0.2, 0) is 0 Å². The zero-order chi connectivity index (χ0) is 13.1. The van der Waals surface area contributed by atoms with E-state index in [9.17, 15) is 4.79 Å². The molecule has 0 amide bonds. The zero-order valence-corrected chi connectivity index (χ0v) is 11.9. The van der Waals surface area contributed by atoms with Crippen LogP contribution >= 0.6 is 27.5 Å². The number of halogens is 2. The molecule has 0 saturated heterocycles. The predicted molar refractivity (Wildman–Crippen MR) is 76.0 cm³/mol. The maximum atomic E-state index is 11.3. The van der Waals surface area contributed by atoms with Gasteiger partial charge in [0.25, 0.3) is 5.56 Å². The van der Waals surface area contributed by atoms with Gasteiger partial charge in [-0.2, -0.15) is 5.10 Å². The monoisotopic (exact) mass is 327 g/mol. The molecule has 2 aromatic rings. The molecule has 6 heteroatoms. The van der Waals surface area contributed by atoms with E-state index in [2.05, 4.69) is 31.4 Å². The largest absolute Gasteiger partial charge is 0.376 e. The van der Waals surface area contributed by atoms with Gasteiger partial charge in [-0.05, 0) is 24.6 Å². The first-order valence-electron chi connectivity index (χ1n) is 5.33. The summed E-state index contributed by atoms with van der Waals surface area (Å²) in [4.78, 5) is 11.3. The Balaban J connectivity index is 2.24. The number of hydrogen-bond donors (Lipinski definition) is 2. The van der Waals surface area contributed by atoms with Crippen molar-refractivity contribution in [3.05, 3.63) is 55.9 Å². The van der Waals surface area contributed by atoms with Crippen LogP contribution in [0.15, 0.2) is 39.7 Å². The highest BCUT2D eigenvalue weighted by atomic mass is 79.9. The minimum Gasteiger partial charge on any atom is -0.376 e. The highest BCUT2D eigenvalue weighted by Gasteiger charge is 2.10. The Hall–Kier alpha value is -1.33. The van der Waals surface area contributed by atoms with Crippen molar-refractivity contribution >= 4 is 33.2 Å². The van der Waals surface area contributed by atoms with Gasteiger partial charge in [-0.3, -0.25) is 4.79 Å². The molecule has 4 nitrogen and oxygen atoms in total. The summed E-state index contributed by atoms with van der Waals surface area (Å²) in [5.41, 5.74) is 1.21. The second-order valence-corrected chi connectivity index (χ2v) is 5.14. The van der Waals surface area contributed by atoms with E-state index in [1.807, 2.05) is 31.2 Å². The van der Waals surface area contributed by atoms with Gasteiger partial charge in [-0.15, -0.1) is 0 Å². The van der Waals surface area contributed by atoms with Crippen LogP contribution < -0.4 is 10.9 Å². The molecular weight excluding hydrogens is 318 g/mol. The van der Waals surface area contributed by atoms with Gasteiger partial charge in [-0.25, -0.2) is 5.10 Å². The molecular formula is C12H11BrClN3O. The fraction of sp³-hybridized carbons (Fsp3) is 0.167. The third kappa shape index (κ3) is 2.91. The van der Waals surface area contributed by atoms with E-state index in [4.69, 9.17) is 11.6 Å².